The third-order valence-electron chi connectivity index (χ3n) is 4.78. The predicted octanol–water partition coefficient (Wildman–Crippen LogP) is 3.81. The van der Waals surface area contributed by atoms with E-state index in [1.165, 1.54) is 43.7 Å². The molecule has 0 saturated heterocycles. The van der Waals surface area contributed by atoms with E-state index in [1.807, 2.05) is 16.9 Å². The van der Waals surface area contributed by atoms with Crippen LogP contribution in [0.1, 0.15) is 64.2 Å². The number of hydrogen-bond donors (Lipinski definition) is 0. The molecule has 0 N–H and O–H groups in total. The average molecular weight is 270 g/mol. The van der Waals surface area contributed by atoms with E-state index in [9.17, 15) is 0 Å². The quantitative estimate of drug-likeness (QED) is 0.684. The van der Waals surface area contributed by atoms with E-state index < -0.39 is 0 Å². The van der Waals surface area contributed by atoms with Crippen molar-refractivity contribution in [2.75, 3.05) is 0 Å². The molecule has 0 radical (unpaired) electrons. The van der Waals surface area contributed by atoms with Crippen molar-refractivity contribution in [1.82, 2.24) is 0 Å². The molecule has 2 fully saturated rings. The zero-order chi connectivity index (χ0) is 10.5. The molecule has 2 rings (SSSR count). The molecule has 1 heteroatoms. The SMILES string of the molecule is [AsH2]CC(C1CCCCC1)C1CCCCC1. The van der Waals surface area contributed by atoms with Crippen LogP contribution in [0, 0.1) is 17.8 Å². The van der Waals surface area contributed by atoms with Crippen molar-refractivity contribution in [3.63, 3.8) is 0 Å². The van der Waals surface area contributed by atoms with Crippen molar-refractivity contribution in [2.45, 2.75) is 69.4 Å². The second-order valence-electron chi connectivity index (χ2n) is 5.70. The monoisotopic (exact) mass is 270 g/mol. The molecular weight excluding hydrogens is 243 g/mol. The molecule has 15 heavy (non-hydrogen) atoms. The van der Waals surface area contributed by atoms with Crippen molar-refractivity contribution in [3.05, 3.63) is 0 Å². The Balaban J connectivity index is 1.88. The Kier molecular flexibility index (Phi) is 5.08. The molecule has 0 aromatic heterocycles. The van der Waals surface area contributed by atoms with E-state index in [0.717, 1.165) is 17.8 Å². The summed E-state index contributed by atoms with van der Waals surface area (Å²) in [5.74, 6) is 3.35. The zero-order valence-corrected chi connectivity index (χ0v) is 12.5. The fourth-order valence-corrected chi connectivity index (χ4v) is 5.51. The van der Waals surface area contributed by atoms with Crippen molar-refractivity contribution in [2.24, 2.45) is 17.8 Å². The van der Waals surface area contributed by atoms with E-state index in [4.69, 9.17) is 0 Å². The normalized spacial score (nSPS) is 26.0. The minimum atomic E-state index is 1.12. The van der Waals surface area contributed by atoms with Crippen LogP contribution in [0.2, 0.25) is 5.21 Å². The number of rotatable bonds is 3. The maximum absolute atomic E-state index is 1.99. The van der Waals surface area contributed by atoms with Gasteiger partial charge in [0.1, 0.15) is 0 Å². The van der Waals surface area contributed by atoms with Crippen LogP contribution in [-0.2, 0) is 0 Å². The van der Waals surface area contributed by atoms with Crippen LogP contribution in [0.5, 0.6) is 0 Å². The van der Waals surface area contributed by atoms with Gasteiger partial charge in [-0.05, 0) is 0 Å². The predicted molar refractivity (Wildman–Crippen MR) is 70.0 cm³/mol. The summed E-state index contributed by atoms with van der Waals surface area (Å²) in [4.78, 5) is 0. The van der Waals surface area contributed by atoms with E-state index in [-0.39, 0.29) is 0 Å². The van der Waals surface area contributed by atoms with Crippen LogP contribution >= 0.6 is 0 Å². The van der Waals surface area contributed by atoms with Gasteiger partial charge < -0.3 is 0 Å². The van der Waals surface area contributed by atoms with Gasteiger partial charge in [0.05, 0.1) is 0 Å². The third-order valence-corrected chi connectivity index (χ3v) is 5.92. The molecule has 0 spiro atoms. The molecule has 2 saturated carbocycles. The fraction of sp³-hybridized carbons (Fsp3) is 1.00. The summed E-state index contributed by atoms with van der Waals surface area (Å²) in [6.45, 7) is 0. The third kappa shape index (κ3) is 3.26. The van der Waals surface area contributed by atoms with Gasteiger partial charge in [-0.1, -0.05) is 0 Å². The molecule has 0 heterocycles. The molecule has 2 aliphatic carbocycles. The van der Waals surface area contributed by atoms with Gasteiger partial charge in [-0.25, -0.2) is 0 Å². The van der Waals surface area contributed by atoms with Crippen LogP contribution in [-0.4, -0.2) is 16.9 Å². The summed E-state index contributed by atoms with van der Waals surface area (Å²) >= 11 is 1.99. The van der Waals surface area contributed by atoms with E-state index >= 15 is 0 Å². The van der Waals surface area contributed by atoms with Crippen LogP contribution in [0.15, 0.2) is 0 Å². The van der Waals surface area contributed by atoms with Gasteiger partial charge in [0, 0.05) is 0 Å². The Bertz CT molecular complexity index is 148. The summed E-state index contributed by atoms with van der Waals surface area (Å²) < 4.78 is 0. The molecule has 0 bridgehead atoms. The molecular formula is C14H27As. The minimum absolute atomic E-state index is 1.12. The molecule has 88 valence electrons. The summed E-state index contributed by atoms with van der Waals surface area (Å²) in [6.07, 6.45) is 15.4. The van der Waals surface area contributed by atoms with Crippen LogP contribution in [0.3, 0.4) is 0 Å². The van der Waals surface area contributed by atoms with Crippen LogP contribution in [0.25, 0.3) is 0 Å². The summed E-state index contributed by atoms with van der Waals surface area (Å²) in [5.41, 5.74) is 0. The molecule has 0 amide bonds. The molecule has 0 aliphatic heterocycles. The van der Waals surface area contributed by atoms with Crippen molar-refractivity contribution < 1.29 is 0 Å². The van der Waals surface area contributed by atoms with Gasteiger partial charge in [-0.3, -0.25) is 0 Å². The Morgan fingerprint density at radius 2 is 1.13 bits per heavy atom. The summed E-state index contributed by atoms with van der Waals surface area (Å²) in [5, 5.41) is 1.52. The Morgan fingerprint density at radius 1 is 0.733 bits per heavy atom. The van der Waals surface area contributed by atoms with Gasteiger partial charge in [0.15, 0.2) is 0 Å². The summed E-state index contributed by atoms with van der Waals surface area (Å²) in [6, 6.07) is 0. The fourth-order valence-electron chi connectivity index (χ4n) is 3.89. The number of hydrogen-bond acceptors (Lipinski definition) is 0. The molecule has 1 atom stereocenters. The first-order valence-corrected chi connectivity index (χ1v) is 8.83. The molecule has 0 nitrogen and oxygen atoms in total. The summed E-state index contributed by atoms with van der Waals surface area (Å²) in [7, 11) is 0. The second-order valence-corrected chi connectivity index (χ2v) is 6.68. The first kappa shape index (κ1) is 12.0. The standard InChI is InChI=1S/C14H27As/c15-11-14(12-7-3-1-4-8-12)13-9-5-2-6-10-13/h12-14H,1-11,15H2. The molecule has 2 aliphatic rings. The van der Waals surface area contributed by atoms with Gasteiger partial charge >= 0.3 is 104 Å². The van der Waals surface area contributed by atoms with E-state index in [0.29, 0.717) is 0 Å². The van der Waals surface area contributed by atoms with Gasteiger partial charge in [0.25, 0.3) is 0 Å². The molecule has 0 aromatic carbocycles. The zero-order valence-electron chi connectivity index (χ0n) is 10.1. The maximum atomic E-state index is 1.99. The van der Waals surface area contributed by atoms with Crippen molar-refractivity contribution in [1.29, 1.82) is 0 Å². The van der Waals surface area contributed by atoms with Gasteiger partial charge in [-0.2, -0.15) is 0 Å². The van der Waals surface area contributed by atoms with Gasteiger partial charge in [0.2, 0.25) is 0 Å². The Labute approximate surface area is 104 Å². The van der Waals surface area contributed by atoms with Gasteiger partial charge in [-0.15, -0.1) is 0 Å². The van der Waals surface area contributed by atoms with Crippen molar-refractivity contribution in [3.8, 4) is 0 Å². The van der Waals surface area contributed by atoms with Crippen LogP contribution < -0.4 is 0 Å². The first-order chi connectivity index (χ1) is 7.42. The first-order valence-electron chi connectivity index (χ1n) is 7.12. The second kappa shape index (κ2) is 6.33. The van der Waals surface area contributed by atoms with E-state index in [2.05, 4.69) is 0 Å². The Hall–Kier alpha value is 0.558. The Morgan fingerprint density at radius 3 is 1.47 bits per heavy atom. The van der Waals surface area contributed by atoms with Crippen molar-refractivity contribution >= 4 is 16.9 Å². The topological polar surface area (TPSA) is 0 Å². The van der Waals surface area contributed by atoms with E-state index in [1.54, 1.807) is 25.7 Å². The molecule has 0 aromatic rings. The van der Waals surface area contributed by atoms with Crippen LogP contribution in [0.4, 0.5) is 0 Å². The average Bonchev–Trinajstić information content (AvgIpc) is 2.33. The molecule has 1 unspecified atom stereocenters.